The van der Waals surface area contributed by atoms with Crippen molar-refractivity contribution in [2.45, 2.75) is 45.2 Å². The van der Waals surface area contributed by atoms with Gasteiger partial charge >= 0.3 is 0 Å². The molecule has 0 bridgehead atoms. The van der Waals surface area contributed by atoms with Gasteiger partial charge in [-0.25, -0.2) is 4.98 Å². The number of rotatable bonds is 14. The van der Waals surface area contributed by atoms with Gasteiger partial charge in [-0.3, -0.25) is 9.69 Å². The largest absolute Gasteiger partial charge is 0.494 e. The van der Waals surface area contributed by atoms with E-state index in [2.05, 4.69) is 61.9 Å². The number of ether oxygens (including phenoxy) is 1. The molecule has 1 amide bonds. The normalized spacial score (nSPS) is 17.0. The Morgan fingerprint density at radius 2 is 1.94 bits per heavy atom. The molecule has 5 rings (SSSR count). The van der Waals surface area contributed by atoms with Gasteiger partial charge in [0.15, 0.2) is 0 Å². The summed E-state index contributed by atoms with van der Waals surface area (Å²) in [7, 11) is 5.60. The summed E-state index contributed by atoms with van der Waals surface area (Å²) in [5.74, 6) is 6.36. The number of allylic oxidation sites excluding steroid dienone is 5. The van der Waals surface area contributed by atoms with Crippen LogP contribution >= 0.6 is 0 Å². The summed E-state index contributed by atoms with van der Waals surface area (Å²) >= 11 is 0. The highest BCUT2D eigenvalue weighted by Crippen LogP contribution is 2.37. The van der Waals surface area contributed by atoms with Crippen molar-refractivity contribution in [3.05, 3.63) is 106 Å². The van der Waals surface area contributed by atoms with Gasteiger partial charge < -0.3 is 42.2 Å². The lowest BCUT2D eigenvalue weighted by Gasteiger charge is -2.43. The van der Waals surface area contributed by atoms with E-state index in [-0.39, 0.29) is 24.3 Å². The average molecular weight is 665 g/mol. The molecule has 8 N–H and O–H groups in total. The van der Waals surface area contributed by atoms with Crippen molar-refractivity contribution < 1.29 is 14.6 Å². The number of nitrogens with one attached hydrogen (secondary N) is 3. The van der Waals surface area contributed by atoms with Crippen LogP contribution in [0.3, 0.4) is 0 Å². The van der Waals surface area contributed by atoms with Crippen LogP contribution < -0.4 is 32.2 Å². The lowest BCUT2D eigenvalue weighted by molar-refractivity contribution is -0.121. The van der Waals surface area contributed by atoms with E-state index < -0.39 is 0 Å². The first-order valence-electron chi connectivity index (χ1n) is 16.7. The second-order valence-electron chi connectivity index (χ2n) is 12.5. The summed E-state index contributed by atoms with van der Waals surface area (Å²) in [4.78, 5) is 21.7. The number of nitrogens with two attached hydrogens (primary N) is 2. The standard InChI is InChI=1S/C38H48N8O3/c1-5-9-27(21-45(3)30-23-46(24-30)22-29-11-6-10-28(42-29)12-8-19-47)31-13-7-14-32(37(31)49-4)43-33(35(40)36(41-2)25-15-16-25)20-34(39)44-38(48)26-17-18-26/h5-7,9-11,13-14,20-21,26,30,41,43,47H,15-19,22-24,39-40H2,1-4H3,(H,44,48)/b9-5-,27-21+,34-20+,35-33+. The lowest BCUT2D eigenvalue weighted by Crippen LogP contribution is -2.56. The number of anilines is 1. The van der Waals surface area contributed by atoms with Crippen LogP contribution in [0.2, 0.25) is 0 Å². The molecule has 2 aromatic rings. The number of hydrogen-bond acceptors (Lipinski definition) is 10. The molecule has 0 radical (unpaired) electrons. The number of nitrogens with zero attached hydrogens (tertiary/aromatic N) is 3. The van der Waals surface area contributed by atoms with Crippen molar-refractivity contribution in [2.75, 3.05) is 46.2 Å². The summed E-state index contributed by atoms with van der Waals surface area (Å²) in [6, 6.07) is 12.1. The van der Waals surface area contributed by atoms with Gasteiger partial charge in [0.2, 0.25) is 5.91 Å². The van der Waals surface area contributed by atoms with Crippen molar-refractivity contribution in [1.29, 1.82) is 0 Å². The van der Waals surface area contributed by atoms with Crippen LogP contribution in [0.1, 0.15) is 49.6 Å². The highest BCUT2D eigenvalue weighted by Gasteiger charge is 2.31. The maximum Gasteiger partial charge on any atom is 0.228 e. The Hall–Kier alpha value is -5.18. The van der Waals surface area contributed by atoms with E-state index in [1.807, 2.05) is 56.4 Å². The quantitative estimate of drug-likeness (QED) is 0.131. The van der Waals surface area contributed by atoms with Crippen molar-refractivity contribution in [2.24, 2.45) is 17.4 Å². The van der Waals surface area contributed by atoms with Crippen LogP contribution in [0.15, 0.2) is 89.3 Å². The summed E-state index contributed by atoms with van der Waals surface area (Å²) in [5.41, 5.74) is 20.4. The van der Waals surface area contributed by atoms with Crippen molar-refractivity contribution in [1.82, 2.24) is 25.4 Å². The van der Waals surface area contributed by atoms with Crippen LogP contribution in [-0.4, -0.2) is 72.7 Å². The minimum absolute atomic E-state index is 0.0214. The molecule has 11 heteroatoms. The number of aromatic nitrogens is 1. The van der Waals surface area contributed by atoms with Crippen LogP contribution in [0.5, 0.6) is 5.75 Å². The first-order chi connectivity index (χ1) is 23.7. The molecule has 3 fully saturated rings. The van der Waals surface area contributed by atoms with Crippen molar-refractivity contribution in [3.8, 4) is 17.6 Å². The highest BCUT2D eigenvalue weighted by atomic mass is 16.5. The molecule has 1 aromatic carbocycles. The number of likely N-dealkylation sites (N-methyl/N-ethyl adjacent to an activating group) is 2. The number of benzene rings is 1. The molecule has 2 aliphatic carbocycles. The van der Waals surface area contributed by atoms with E-state index in [9.17, 15) is 4.79 Å². The molecule has 258 valence electrons. The first-order valence-corrected chi connectivity index (χ1v) is 16.7. The van der Waals surface area contributed by atoms with Gasteiger partial charge in [0.25, 0.3) is 0 Å². The van der Waals surface area contributed by atoms with E-state index in [0.29, 0.717) is 34.6 Å². The fraction of sp³-hybridized carbons (Fsp3) is 0.368. The number of pyridine rings is 1. The van der Waals surface area contributed by atoms with E-state index in [1.54, 1.807) is 13.2 Å². The predicted molar refractivity (Wildman–Crippen MR) is 194 cm³/mol. The van der Waals surface area contributed by atoms with E-state index in [4.69, 9.17) is 21.3 Å². The van der Waals surface area contributed by atoms with Crippen LogP contribution in [0.4, 0.5) is 5.69 Å². The first kappa shape index (κ1) is 35.1. The fourth-order valence-electron chi connectivity index (χ4n) is 5.77. The third-order valence-electron chi connectivity index (χ3n) is 8.67. The minimum atomic E-state index is -0.183. The second kappa shape index (κ2) is 16.3. The molecule has 1 aromatic heterocycles. The number of likely N-dealkylation sites (tertiary alicyclic amines) is 1. The van der Waals surface area contributed by atoms with Crippen LogP contribution in [0.25, 0.3) is 5.57 Å². The molecule has 2 heterocycles. The second-order valence-corrected chi connectivity index (χ2v) is 12.5. The van der Waals surface area contributed by atoms with Gasteiger partial charge in [0.05, 0.1) is 41.6 Å². The number of aliphatic hydroxyl groups excluding tert-OH is 1. The molecular formula is C38H48N8O3. The molecule has 0 spiro atoms. The molecule has 0 unspecified atom stereocenters. The Morgan fingerprint density at radius 1 is 1.18 bits per heavy atom. The number of aliphatic hydroxyl groups is 1. The number of amides is 1. The third-order valence-corrected chi connectivity index (χ3v) is 8.67. The minimum Gasteiger partial charge on any atom is -0.494 e. The lowest BCUT2D eigenvalue weighted by atomic mass is 10.0. The number of methoxy groups -OCH3 is 1. The molecular weight excluding hydrogens is 616 g/mol. The van der Waals surface area contributed by atoms with Crippen molar-refractivity contribution >= 4 is 17.2 Å². The van der Waals surface area contributed by atoms with Crippen LogP contribution in [-0.2, 0) is 11.3 Å². The number of carbonyl (C=O) groups excluding carboxylic acids is 1. The number of hydrogen-bond donors (Lipinski definition) is 6. The summed E-state index contributed by atoms with van der Waals surface area (Å²) < 4.78 is 6.03. The Kier molecular flexibility index (Phi) is 11.7. The monoisotopic (exact) mass is 664 g/mol. The van der Waals surface area contributed by atoms with Gasteiger partial charge in [-0.2, -0.15) is 0 Å². The van der Waals surface area contributed by atoms with E-state index in [0.717, 1.165) is 67.8 Å². The number of carbonyl (C=O) groups is 1. The molecule has 3 aliphatic rings. The van der Waals surface area contributed by atoms with E-state index >= 15 is 0 Å². The fourth-order valence-corrected chi connectivity index (χ4v) is 5.77. The Labute approximate surface area is 289 Å². The Balaban J connectivity index is 1.36. The predicted octanol–water partition coefficient (Wildman–Crippen LogP) is 3.34. The zero-order valence-electron chi connectivity index (χ0n) is 28.8. The Bertz CT molecular complexity index is 1750. The smallest absolute Gasteiger partial charge is 0.228 e. The molecule has 1 aliphatic heterocycles. The summed E-state index contributed by atoms with van der Waals surface area (Å²) in [5, 5.41) is 18.5. The SMILES string of the molecule is C/C=C\C(=C/N(C)C1CN(Cc2cccc(C#CCO)n2)C1)c1cccc(NC(/C=C(\N)NC(=O)C2CC2)=C(/N)C(NC)=C2CC2)c1OC. The molecule has 49 heavy (non-hydrogen) atoms. The Morgan fingerprint density at radius 3 is 2.59 bits per heavy atom. The van der Waals surface area contributed by atoms with Gasteiger partial charge in [0.1, 0.15) is 23.9 Å². The van der Waals surface area contributed by atoms with Gasteiger partial charge in [0, 0.05) is 63.1 Å². The maximum absolute atomic E-state index is 12.4. The topological polar surface area (TPSA) is 154 Å². The maximum atomic E-state index is 12.4. The number of para-hydroxylation sites is 1. The molecule has 1 saturated heterocycles. The van der Waals surface area contributed by atoms with Gasteiger partial charge in [-0.05, 0) is 62.3 Å². The zero-order chi connectivity index (χ0) is 34.9. The molecule has 11 nitrogen and oxygen atoms in total. The van der Waals surface area contributed by atoms with Crippen molar-refractivity contribution in [3.63, 3.8) is 0 Å². The average Bonchev–Trinajstić information content (AvgIpc) is 4.00. The summed E-state index contributed by atoms with van der Waals surface area (Å²) in [6.07, 6.45) is 11.6. The van der Waals surface area contributed by atoms with Gasteiger partial charge in [-0.1, -0.05) is 36.3 Å². The summed E-state index contributed by atoms with van der Waals surface area (Å²) in [6.45, 7) is 4.34. The zero-order valence-corrected chi connectivity index (χ0v) is 28.8. The highest BCUT2D eigenvalue weighted by molar-refractivity contribution is 5.83. The van der Waals surface area contributed by atoms with E-state index in [1.165, 1.54) is 5.57 Å². The molecule has 0 atom stereocenters. The molecule has 2 saturated carbocycles. The van der Waals surface area contributed by atoms with Crippen LogP contribution in [0, 0.1) is 17.8 Å². The van der Waals surface area contributed by atoms with Gasteiger partial charge in [-0.15, -0.1) is 0 Å². The third kappa shape index (κ3) is 9.25.